The summed E-state index contributed by atoms with van der Waals surface area (Å²) < 4.78 is 0. The Morgan fingerprint density at radius 1 is 0.852 bits per heavy atom. The lowest BCUT2D eigenvalue weighted by atomic mass is 10.0. The summed E-state index contributed by atoms with van der Waals surface area (Å²) >= 11 is 0. The molecule has 0 aromatic heterocycles. The molecule has 3 nitrogen and oxygen atoms in total. The van der Waals surface area contributed by atoms with Crippen LogP contribution in [0.5, 0.6) is 0 Å². The van der Waals surface area contributed by atoms with Crippen LogP contribution in [0.25, 0.3) is 16.8 Å². The molecule has 4 rings (SSSR count). The van der Waals surface area contributed by atoms with Gasteiger partial charge in [0.25, 0.3) is 0 Å². The molecule has 3 aromatic carbocycles. The van der Waals surface area contributed by atoms with Crippen LogP contribution in [0.1, 0.15) is 18.4 Å². The van der Waals surface area contributed by atoms with Gasteiger partial charge in [-0.2, -0.15) is 0 Å². The highest BCUT2D eigenvalue weighted by atomic mass is 15.1. The molecule has 3 N–H and O–H groups in total. The number of nitrogens with two attached hydrogens (primary N) is 1. The highest BCUT2D eigenvalue weighted by Crippen LogP contribution is 2.30. The van der Waals surface area contributed by atoms with Crippen LogP contribution in [0.15, 0.2) is 79.4 Å². The van der Waals surface area contributed by atoms with Crippen molar-refractivity contribution in [3.63, 3.8) is 0 Å². The molecule has 0 bridgehead atoms. The molecular formula is C24H25N3. The standard InChI is InChI=1S/C24H25N3/c1-18(19-9-12-22(13-10-19)27-15-5-6-16-27)26-24-17-21(11-14-23(24)25)20-7-3-2-4-8-20/h2-4,7-14,17,26H,1,5-6,15-16,25H2. The minimum atomic E-state index is 0.713. The molecule has 3 heteroatoms. The topological polar surface area (TPSA) is 41.3 Å². The molecule has 27 heavy (non-hydrogen) atoms. The van der Waals surface area contributed by atoms with E-state index in [1.807, 2.05) is 30.3 Å². The molecule has 1 aliphatic rings. The fraction of sp³-hybridized carbons (Fsp3) is 0.167. The zero-order chi connectivity index (χ0) is 18.6. The van der Waals surface area contributed by atoms with Gasteiger partial charge in [0.1, 0.15) is 0 Å². The Hall–Kier alpha value is -3.20. The van der Waals surface area contributed by atoms with E-state index in [-0.39, 0.29) is 0 Å². The van der Waals surface area contributed by atoms with Crippen molar-refractivity contribution in [2.45, 2.75) is 12.8 Å². The minimum Gasteiger partial charge on any atom is -0.397 e. The van der Waals surface area contributed by atoms with Gasteiger partial charge in [-0.15, -0.1) is 0 Å². The first-order valence-electron chi connectivity index (χ1n) is 9.47. The molecule has 0 unspecified atom stereocenters. The summed E-state index contributed by atoms with van der Waals surface area (Å²) in [5.41, 5.74) is 13.3. The van der Waals surface area contributed by atoms with Gasteiger partial charge in [0.2, 0.25) is 0 Å². The molecule has 0 spiro atoms. The molecule has 0 aliphatic carbocycles. The maximum absolute atomic E-state index is 6.19. The third kappa shape index (κ3) is 3.82. The first kappa shape index (κ1) is 17.2. The van der Waals surface area contributed by atoms with Crippen molar-refractivity contribution in [3.05, 3.63) is 84.9 Å². The van der Waals surface area contributed by atoms with Gasteiger partial charge in [0.05, 0.1) is 11.4 Å². The Labute approximate surface area is 161 Å². The number of benzene rings is 3. The van der Waals surface area contributed by atoms with Crippen LogP contribution >= 0.6 is 0 Å². The van der Waals surface area contributed by atoms with Gasteiger partial charge in [-0.1, -0.05) is 55.1 Å². The Bertz CT molecular complexity index is 924. The van der Waals surface area contributed by atoms with Gasteiger partial charge in [-0.3, -0.25) is 0 Å². The lowest BCUT2D eigenvalue weighted by Gasteiger charge is -2.18. The second kappa shape index (κ2) is 7.58. The summed E-state index contributed by atoms with van der Waals surface area (Å²) in [7, 11) is 0. The van der Waals surface area contributed by atoms with Crippen molar-refractivity contribution in [1.82, 2.24) is 0 Å². The van der Waals surface area contributed by atoms with Gasteiger partial charge in [0.15, 0.2) is 0 Å². The van der Waals surface area contributed by atoms with Crippen molar-refractivity contribution < 1.29 is 0 Å². The van der Waals surface area contributed by atoms with Crippen molar-refractivity contribution in [1.29, 1.82) is 0 Å². The first-order chi connectivity index (χ1) is 13.2. The smallest absolute Gasteiger partial charge is 0.0624 e. The predicted octanol–water partition coefficient (Wildman–Crippen LogP) is 5.62. The van der Waals surface area contributed by atoms with Crippen molar-refractivity contribution in [2.75, 3.05) is 29.0 Å². The molecule has 136 valence electrons. The fourth-order valence-corrected chi connectivity index (χ4v) is 3.56. The summed E-state index contributed by atoms with van der Waals surface area (Å²) in [4.78, 5) is 2.43. The number of hydrogen-bond donors (Lipinski definition) is 2. The van der Waals surface area contributed by atoms with E-state index >= 15 is 0 Å². The van der Waals surface area contributed by atoms with Gasteiger partial charge in [-0.25, -0.2) is 0 Å². The zero-order valence-electron chi connectivity index (χ0n) is 15.5. The largest absolute Gasteiger partial charge is 0.397 e. The molecular weight excluding hydrogens is 330 g/mol. The summed E-state index contributed by atoms with van der Waals surface area (Å²) in [5.74, 6) is 0. The summed E-state index contributed by atoms with van der Waals surface area (Å²) in [6.07, 6.45) is 2.57. The second-order valence-electron chi connectivity index (χ2n) is 7.01. The van der Waals surface area contributed by atoms with E-state index in [9.17, 15) is 0 Å². The van der Waals surface area contributed by atoms with Crippen LogP contribution in [0.3, 0.4) is 0 Å². The number of hydrogen-bond acceptors (Lipinski definition) is 3. The van der Waals surface area contributed by atoms with Gasteiger partial charge >= 0.3 is 0 Å². The van der Waals surface area contributed by atoms with Crippen LogP contribution < -0.4 is 16.0 Å². The number of anilines is 3. The molecule has 0 saturated carbocycles. The summed E-state index contributed by atoms with van der Waals surface area (Å²) in [5, 5.41) is 3.39. The van der Waals surface area contributed by atoms with E-state index in [1.54, 1.807) is 0 Å². The van der Waals surface area contributed by atoms with Crippen LogP contribution in [-0.2, 0) is 0 Å². The highest BCUT2D eigenvalue weighted by molar-refractivity contribution is 5.84. The predicted molar refractivity (Wildman–Crippen MR) is 117 cm³/mol. The maximum Gasteiger partial charge on any atom is 0.0624 e. The Morgan fingerprint density at radius 3 is 2.26 bits per heavy atom. The average Bonchev–Trinajstić information content (AvgIpc) is 3.25. The number of nitrogens with zero attached hydrogens (tertiary/aromatic N) is 1. The van der Waals surface area contributed by atoms with E-state index < -0.39 is 0 Å². The normalized spacial score (nSPS) is 13.6. The SMILES string of the molecule is C=C(Nc1cc(-c2ccccc2)ccc1N)c1ccc(N2CCCC2)cc1. The lowest BCUT2D eigenvalue weighted by Crippen LogP contribution is -2.17. The first-order valence-corrected chi connectivity index (χ1v) is 9.47. The van der Waals surface area contributed by atoms with Crippen LogP contribution in [0.4, 0.5) is 17.1 Å². The number of nitrogens with one attached hydrogen (secondary N) is 1. The quantitative estimate of drug-likeness (QED) is 0.584. The third-order valence-corrected chi connectivity index (χ3v) is 5.13. The molecule has 1 saturated heterocycles. The summed E-state index contributed by atoms with van der Waals surface area (Å²) in [6.45, 7) is 6.52. The van der Waals surface area contributed by atoms with Gasteiger partial charge < -0.3 is 16.0 Å². The molecule has 3 aromatic rings. The van der Waals surface area contributed by atoms with E-state index in [1.165, 1.54) is 24.1 Å². The molecule has 1 aliphatic heterocycles. The van der Waals surface area contributed by atoms with Crippen LogP contribution in [0.2, 0.25) is 0 Å². The van der Waals surface area contributed by atoms with Crippen molar-refractivity contribution in [2.24, 2.45) is 0 Å². The Kier molecular flexibility index (Phi) is 4.84. The van der Waals surface area contributed by atoms with Gasteiger partial charge in [-0.05, 0) is 53.8 Å². The van der Waals surface area contributed by atoms with Crippen molar-refractivity contribution >= 4 is 22.8 Å². The van der Waals surface area contributed by atoms with E-state index in [0.717, 1.165) is 35.6 Å². The Balaban J connectivity index is 1.52. The van der Waals surface area contributed by atoms with Gasteiger partial charge in [0, 0.05) is 24.5 Å². The third-order valence-electron chi connectivity index (χ3n) is 5.13. The molecule has 0 radical (unpaired) electrons. The zero-order valence-corrected chi connectivity index (χ0v) is 15.5. The maximum atomic E-state index is 6.19. The number of nitrogen functional groups attached to an aromatic ring is 1. The monoisotopic (exact) mass is 355 g/mol. The minimum absolute atomic E-state index is 0.713. The molecule has 0 atom stereocenters. The lowest BCUT2D eigenvalue weighted by molar-refractivity contribution is 0.949. The van der Waals surface area contributed by atoms with Crippen LogP contribution in [0, 0.1) is 0 Å². The molecule has 0 amide bonds. The van der Waals surface area contributed by atoms with Crippen molar-refractivity contribution in [3.8, 4) is 11.1 Å². The van der Waals surface area contributed by atoms with E-state index in [4.69, 9.17) is 5.73 Å². The number of rotatable bonds is 5. The summed E-state index contributed by atoms with van der Waals surface area (Å²) in [6, 6.07) is 25.0. The Morgan fingerprint density at radius 2 is 1.56 bits per heavy atom. The second-order valence-corrected chi connectivity index (χ2v) is 7.01. The highest BCUT2D eigenvalue weighted by Gasteiger charge is 2.12. The van der Waals surface area contributed by atoms with E-state index in [0.29, 0.717) is 5.69 Å². The fourth-order valence-electron chi connectivity index (χ4n) is 3.56. The molecule has 1 fully saturated rings. The average molecular weight is 355 g/mol. The van der Waals surface area contributed by atoms with E-state index in [2.05, 4.69) is 59.3 Å². The van der Waals surface area contributed by atoms with Crippen LogP contribution in [-0.4, -0.2) is 13.1 Å². The molecule has 1 heterocycles.